The average molecular weight is 373 g/mol. The van der Waals surface area contributed by atoms with Crippen LogP contribution in [0.2, 0.25) is 0 Å². The minimum atomic E-state index is -0.494. The summed E-state index contributed by atoms with van der Waals surface area (Å²) < 4.78 is 5.47. The van der Waals surface area contributed by atoms with Crippen molar-refractivity contribution in [2.75, 3.05) is 5.32 Å². The Balaban J connectivity index is 1.79. The lowest BCUT2D eigenvalue weighted by atomic mass is 10.2. The summed E-state index contributed by atoms with van der Waals surface area (Å²) >= 11 is 0. The van der Waals surface area contributed by atoms with Gasteiger partial charge in [-0.1, -0.05) is 30.3 Å². The van der Waals surface area contributed by atoms with Gasteiger partial charge in [-0.3, -0.25) is 19.4 Å². The highest BCUT2D eigenvalue weighted by Gasteiger charge is 2.30. The molecule has 140 valence electrons. The molecular weight excluding hydrogens is 354 g/mol. The molecule has 4 aromatic rings. The molecule has 3 heterocycles. The van der Waals surface area contributed by atoms with Gasteiger partial charge >= 0.3 is 0 Å². The molecule has 2 aromatic carbocycles. The molecule has 1 aliphatic heterocycles. The topological polar surface area (TPSA) is 95.2 Å². The Morgan fingerprint density at radius 2 is 1.79 bits per heavy atom. The third-order valence-electron chi connectivity index (χ3n) is 5.13. The highest BCUT2D eigenvalue weighted by Crippen LogP contribution is 2.33. The minimum Gasteiger partial charge on any atom is -0.370 e. The fourth-order valence-corrected chi connectivity index (χ4v) is 3.88. The monoisotopic (exact) mass is 373 g/mol. The van der Waals surface area contributed by atoms with E-state index in [0.717, 1.165) is 22.4 Å². The molecule has 0 bridgehead atoms. The number of aromatic nitrogens is 4. The SMILES string of the molecule is Cc1c([C@H]2N=C(N)Nc3nc4ccccc4n32)n(C)n(-c2ccccc2)c1=O. The number of hydrogen-bond donors (Lipinski definition) is 2. The molecule has 0 fully saturated rings. The van der Waals surface area contributed by atoms with Crippen molar-refractivity contribution in [2.45, 2.75) is 13.1 Å². The van der Waals surface area contributed by atoms with E-state index < -0.39 is 6.17 Å². The number of fused-ring (bicyclic) bond motifs is 3. The van der Waals surface area contributed by atoms with Crippen molar-refractivity contribution in [1.82, 2.24) is 18.9 Å². The lowest BCUT2D eigenvalue weighted by molar-refractivity contribution is 0.532. The van der Waals surface area contributed by atoms with Gasteiger partial charge in [-0.15, -0.1) is 0 Å². The van der Waals surface area contributed by atoms with Crippen LogP contribution < -0.4 is 16.6 Å². The van der Waals surface area contributed by atoms with Crippen LogP contribution in [0.5, 0.6) is 0 Å². The molecule has 28 heavy (non-hydrogen) atoms. The Hall–Kier alpha value is -3.81. The Morgan fingerprint density at radius 1 is 1.07 bits per heavy atom. The molecular formula is C20H19N7O. The number of aliphatic imine (C=N–C) groups is 1. The normalized spacial score (nSPS) is 15.9. The van der Waals surface area contributed by atoms with Gasteiger partial charge < -0.3 is 5.73 Å². The van der Waals surface area contributed by atoms with Crippen molar-refractivity contribution in [3.05, 3.63) is 76.2 Å². The van der Waals surface area contributed by atoms with Gasteiger partial charge in [-0.2, -0.15) is 0 Å². The maximum absolute atomic E-state index is 13.1. The molecule has 0 saturated heterocycles. The molecule has 1 atom stereocenters. The van der Waals surface area contributed by atoms with Gasteiger partial charge in [0.05, 0.1) is 22.4 Å². The van der Waals surface area contributed by atoms with Crippen LogP contribution in [0.15, 0.2) is 64.4 Å². The molecule has 0 saturated carbocycles. The zero-order valence-electron chi connectivity index (χ0n) is 15.5. The first-order valence-corrected chi connectivity index (χ1v) is 8.97. The van der Waals surface area contributed by atoms with Crippen molar-refractivity contribution in [1.29, 1.82) is 0 Å². The molecule has 1 aliphatic rings. The second kappa shape index (κ2) is 5.85. The molecule has 8 heteroatoms. The summed E-state index contributed by atoms with van der Waals surface area (Å²) in [6, 6.07) is 17.4. The van der Waals surface area contributed by atoms with Crippen LogP contribution in [-0.2, 0) is 7.05 Å². The number of rotatable bonds is 2. The van der Waals surface area contributed by atoms with E-state index in [4.69, 9.17) is 5.73 Å². The standard InChI is InChI=1S/C20H19N7O/c1-12-16(25(2)27(18(12)28)13-8-4-3-5-9-13)17-23-19(21)24-20-22-14-10-6-7-11-15(14)26(17)20/h3-11,17H,1-2H3,(H3,21,22,23,24)/t17-/m0/s1. The summed E-state index contributed by atoms with van der Waals surface area (Å²) in [6.45, 7) is 1.82. The molecule has 8 nitrogen and oxygen atoms in total. The van der Waals surface area contributed by atoms with Crippen LogP contribution in [0.25, 0.3) is 16.7 Å². The summed E-state index contributed by atoms with van der Waals surface area (Å²) in [7, 11) is 1.86. The Labute approximate surface area is 160 Å². The number of hydrogen-bond acceptors (Lipinski definition) is 5. The van der Waals surface area contributed by atoms with Crippen LogP contribution in [0, 0.1) is 6.92 Å². The minimum absolute atomic E-state index is 0.0815. The first-order chi connectivity index (χ1) is 13.6. The summed E-state index contributed by atoms with van der Waals surface area (Å²) in [5, 5.41) is 3.03. The average Bonchev–Trinajstić information content (AvgIpc) is 3.16. The molecule has 5 rings (SSSR count). The summed E-state index contributed by atoms with van der Waals surface area (Å²) in [5.41, 5.74) is 9.91. The Kier molecular flexibility index (Phi) is 3.42. The van der Waals surface area contributed by atoms with Crippen molar-refractivity contribution < 1.29 is 0 Å². The zero-order valence-corrected chi connectivity index (χ0v) is 15.5. The number of benzene rings is 2. The van der Waals surface area contributed by atoms with Gasteiger partial charge in [0.25, 0.3) is 5.56 Å². The van der Waals surface area contributed by atoms with E-state index in [1.54, 1.807) is 4.68 Å². The molecule has 3 N–H and O–H groups in total. The van der Waals surface area contributed by atoms with E-state index in [9.17, 15) is 4.79 Å². The van der Waals surface area contributed by atoms with Gasteiger partial charge in [-0.05, 0) is 31.2 Å². The lowest BCUT2D eigenvalue weighted by Gasteiger charge is -2.24. The molecule has 0 aliphatic carbocycles. The van der Waals surface area contributed by atoms with Crippen molar-refractivity contribution in [2.24, 2.45) is 17.8 Å². The highest BCUT2D eigenvalue weighted by atomic mass is 16.1. The Bertz CT molecular complexity index is 1290. The van der Waals surface area contributed by atoms with E-state index in [0.29, 0.717) is 11.5 Å². The maximum atomic E-state index is 13.1. The molecule has 0 spiro atoms. The predicted octanol–water partition coefficient (Wildman–Crippen LogP) is 2.12. The van der Waals surface area contributed by atoms with E-state index in [1.165, 1.54) is 0 Å². The lowest BCUT2D eigenvalue weighted by Crippen LogP contribution is -2.32. The first kappa shape index (κ1) is 16.4. The molecule has 0 unspecified atom stereocenters. The number of nitrogens with zero attached hydrogens (tertiary/aromatic N) is 5. The number of imidazole rings is 1. The molecule has 2 aromatic heterocycles. The van der Waals surface area contributed by atoms with Gasteiger partial charge in [0.2, 0.25) is 5.95 Å². The number of nitrogens with two attached hydrogens (primary N) is 1. The third-order valence-corrected chi connectivity index (χ3v) is 5.13. The second-order valence-electron chi connectivity index (χ2n) is 6.79. The first-order valence-electron chi connectivity index (χ1n) is 8.97. The largest absolute Gasteiger partial charge is 0.370 e. The van der Waals surface area contributed by atoms with Crippen molar-refractivity contribution in [3.8, 4) is 5.69 Å². The van der Waals surface area contributed by atoms with Crippen LogP contribution in [0.1, 0.15) is 17.4 Å². The molecule has 0 radical (unpaired) electrons. The van der Waals surface area contributed by atoms with E-state index >= 15 is 0 Å². The quantitative estimate of drug-likeness (QED) is 0.563. The predicted molar refractivity (Wildman–Crippen MR) is 109 cm³/mol. The van der Waals surface area contributed by atoms with Crippen LogP contribution in [0.4, 0.5) is 5.95 Å². The highest BCUT2D eigenvalue weighted by molar-refractivity contribution is 5.94. The van der Waals surface area contributed by atoms with Crippen LogP contribution in [0.3, 0.4) is 0 Å². The van der Waals surface area contributed by atoms with E-state index in [2.05, 4.69) is 15.3 Å². The van der Waals surface area contributed by atoms with Crippen LogP contribution in [-0.4, -0.2) is 24.9 Å². The zero-order chi connectivity index (χ0) is 19.4. The number of guanidine groups is 1. The third kappa shape index (κ3) is 2.21. The maximum Gasteiger partial charge on any atom is 0.274 e. The van der Waals surface area contributed by atoms with Gasteiger partial charge in [0.15, 0.2) is 12.1 Å². The summed E-state index contributed by atoms with van der Waals surface area (Å²) in [5.74, 6) is 0.880. The Morgan fingerprint density at radius 3 is 2.57 bits per heavy atom. The fourth-order valence-electron chi connectivity index (χ4n) is 3.88. The molecule has 0 amide bonds. The smallest absolute Gasteiger partial charge is 0.274 e. The van der Waals surface area contributed by atoms with Gasteiger partial charge in [0, 0.05) is 12.6 Å². The summed E-state index contributed by atoms with van der Waals surface area (Å²) in [6.07, 6.45) is -0.494. The number of para-hydroxylation sites is 3. The van der Waals surface area contributed by atoms with Gasteiger partial charge in [-0.25, -0.2) is 14.7 Å². The van der Waals surface area contributed by atoms with Gasteiger partial charge in [0.1, 0.15) is 0 Å². The summed E-state index contributed by atoms with van der Waals surface area (Å²) in [4.78, 5) is 22.3. The number of nitrogens with one attached hydrogen (secondary N) is 1. The van der Waals surface area contributed by atoms with E-state index in [-0.39, 0.29) is 11.5 Å². The van der Waals surface area contributed by atoms with Crippen molar-refractivity contribution >= 4 is 22.9 Å². The van der Waals surface area contributed by atoms with Crippen molar-refractivity contribution in [3.63, 3.8) is 0 Å². The fraction of sp³-hybridized carbons (Fsp3) is 0.150. The number of anilines is 1. The second-order valence-corrected chi connectivity index (χ2v) is 6.79. The van der Waals surface area contributed by atoms with Crippen LogP contribution >= 0.6 is 0 Å². The van der Waals surface area contributed by atoms with E-state index in [1.807, 2.05) is 77.8 Å².